The summed E-state index contributed by atoms with van der Waals surface area (Å²) >= 11 is 10.9. The third kappa shape index (κ3) is 4.50. The van der Waals surface area contributed by atoms with Gasteiger partial charge in [-0.25, -0.2) is 0 Å². The molecule has 0 saturated heterocycles. The number of rotatable bonds is 6. The van der Waals surface area contributed by atoms with Crippen LogP contribution in [0.5, 0.6) is 5.75 Å². The van der Waals surface area contributed by atoms with Gasteiger partial charge in [0.25, 0.3) is 0 Å². The van der Waals surface area contributed by atoms with Crippen LogP contribution < -0.4 is 15.8 Å². The zero-order valence-electron chi connectivity index (χ0n) is 10.0. The first-order chi connectivity index (χ1) is 8.54. The van der Waals surface area contributed by atoms with Crippen molar-refractivity contribution >= 4 is 34.7 Å². The second-order valence-corrected chi connectivity index (χ2v) is 4.48. The number of ether oxygens (including phenoxy) is 1. The Morgan fingerprint density at radius 3 is 2.83 bits per heavy atom. The second-order valence-electron chi connectivity index (χ2n) is 3.63. The van der Waals surface area contributed by atoms with Crippen LogP contribution in [0.4, 0.5) is 0 Å². The third-order valence-corrected chi connectivity index (χ3v) is 2.83. The Morgan fingerprint density at radius 2 is 2.28 bits per heavy atom. The van der Waals surface area contributed by atoms with E-state index >= 15 is 0 Å². The van der Waals surface area contributed by atoms with Gasteiger partial charge in [0.1, 0.15) is 10.7 Å². The van der Waals surface area contributed by atoms with E-state index < -0.39 is 0 Å². The molecule has 0 aromatic heterocycles. The lowest BCUT2D eigenvalue weighted by Crippen LogP contribution is -2.18. The molecule has 6 heteroatoms. The van der Waals surface area contributed by atoms with E-state index in [1.54, 1.807) is 25.2 Å². The molecular weight excluding hydrogens is 272 g/mol. The van der Waals surface area contributed by atoms with Crippen LogP contribution in [0.25, 0.3) is 0 Å². The molecule has 18 heavy (non-hydrogen) atoms. The van der Waals surface area contributed by atoms with Gasteiger partial charge in [0.2, 0.25) is 5.91 Å². The van der Waals surface area contributed by atoms with Crippen LogP contribution >= 0.6 is 23.8 Å². The maximum Gasteiger partial charge on any atom is 0.219 e. The molecule has 0 aliphatic rings. The number of amides is 1. The van der Waals surface area contributed by atoms with Crippen molar-refractivity contribution in [1.82, 2.24) is 5.32 Å². The largest absolute Gasteiger partial charge is 0.492 e. The Kier molecular flexibility index (Phi) is 5.88. The highest BCUT2D eigenvalue weighted by atomic mass is 35.5. The van der Waals surface area contributed by atoms with Crippen LogP contribution in [0.3, 0.4) is 0 Å². The summed E-state index contributed by atoms with van der Waals surface area (Å²) in [6.45, 7) is 0.430. The fourth-order valence-corrected chi connectivity index (χ4v) is 1.67. The van der Waals surface area contributed by atoms with Crippen molar-refractivity contribution in [1.29, 1.82) is 0 Å². The summed E-state index contributed by atoms with van der Waals surface area (Å²) in [6.07, 6.45) is 1.06. The molecule has 0 aliphatic heterocycles. The highest BCUT2D eigenvalue weighted by Gasteiger charge is 2.05. The Balaban J connectivity index is 2.48. The van der Waals surface area contributed by atoms with Gasteiger partial charge in [-0.3, -0.25) is 4.79 Å². The van der Waals surface area contributed by atoms with Gasteiger partial charge < -0.3 is 15.8 Å². The molecule has 1 amide bonds. The number of thiocarbonyl (C=S) groups is 1. The maximum atomic E-state index is 11.0. The molecule has 0 fully saturated rings. The Morgan fingerprint density at radius 1 is 1.56 bits per heavy atom. The van der Waals surface area contributed by atoms with Crippen molar-refractivity contribution in [3.05, 3.63) is 28.8 Å². The zero-order chi connectivity index (χ0) is 13.5. The number of hydrogen-bond donors (Lipinski definition) is 2. The first-order valence-electron chi connectivity index (χ1n) is 5.47. The molecule has 0 aliphatic carbocycles. The minimum absolute atomic E-state index is 0.00600. The van der Waals surface area contributed by atoms with Crippen LogP contribution in [-0.2, 0) is 4.79 Å². The van der Waals surface area contributed by atoms with E-state index in [9.17, 15) is 4.79 Å². The van der Waals surface area contributed by atoms with Crippen LogP contribution in [0.1, 0.15) is 18.4 Å². The van der Waals surface area contributed by atoms with E-state index in [1.807, 2.05) is 0 Å². The zero-order valence-corrected chi connectivity index (χ0v) is 11.6. The van der Waals surface area contributed by atoms with E-state index in [2.05, 4.69) is 5.32 Å². The van der Waals surface area contributed by atoms with E-state index in [-0.39, 0.29) is 5.91 Å². The van der Waals surface area contributed by atoms with Crippen LogP contribution in [0, 0.1) is 0 Å². The van der Waals surface area contributed by atoms with Gasteiger partial charge in [-0.15, -0.1) is 0 Å². The summed E-state index contributed by atoms with van der Waals surface area (Å²) in [5.74, 6) is 0.557. The van der Waals surface area contributed by atoms with Crippen LogP contribution in [0.2, 0.25) is 5.02 Å². The molecule has 1 aromatic rings. The average molecular weight is 287 g/mol. The molecule has 1 aromatic carbocycles. The molecule has 98 valence electrons. The molecule has 0 bridgehead atoms. The summed E-state index contributed by atoms with van der Waals surface area (Å²) in [7, 11) is 1.61. The molecule has 3 N–H and O–H groups in total. The summed E-state index contributed by atoms with van der Waals surface area (Å²) in [5, 5.41) is 3.00. The predicted molar refractivity (Wildman–Crippen MR) is 76.1 cm³/mol. The average Bonchev–Trinajstić information content (AvgIpc) is 2.35. The first-order valence-corrected chi connectivity index (χ1v) is 6.26. The van der Waals surface area contributed by atoms with Crippen molar-refractivity contribution in [3.63, 3.8) is 0 Å². The molecular formula is C12H15ClN2O2S. The number of carbonyl (C=O) groups excluding carboxylic acids is 1. The molecule has 0 spiro atoms. The SMILES string of the molecule is CNC(=O)CCCOc1ccc(C(N)=S)cc1Cl. The van der Waals surface area contributed by atoms with Crippen molar-refractivity contribution in [3.8, 4) is 5.75 Å². The third-order valence-electron chi connectivity index (χ3n) is 2.30. The number of nitrogens with one attached hydrogen (secondary N) is 1. The van der Waals surface area contributed by atoms with Crippen LogP contribution in [0.15, 0.2) is 18.2 Å². The lowest BCUT2D eigenvalue weighted by Gasteiger charge is -2.08. The van der Waals surface area contributed by atoms with Gasteiger partial charge in [0.05, 0.1) is 11.6 Å². The lowest BCUT2D eigenvalue weighted by molar-refractivity contribution is -0.120. The Bertz CT molecular complexity index is 452. The van der Waals surface area contributed by atoms with E-state index in [0.29, 0.717) is 40.8 Å². The van der Waals surface area contributed by atoms with Crippen molar-refractivity contribution in [2.24, 2.45) is 5.73 Å². The lowest BCUT2D eigenvalue weighted by atomic mass is 10.2. The number of halogens is 1. The van der Waals surface area contributed by atoms with Gasteiger partial charge in [-0.2, -0.15) is 0 Å². The topological polar surface area (TPSA) is 64.3 Å². The normalized spacial score (nSPS) is 9.89. The molecule has 1 rings (SSSR count). The highest BCUT2D eigenvalue weighted by molar-refractivity contribution is 7.80. The summed E-state index contributed by atoms with van der Waals surface area (Å²) < 4.78 is 5.47. The molecule has 0 radical (unpaired) electrons. The monoisotopic (exact) mass is 286 g/mol. The predicted octanol–water partition coefficient (Wildman–Crippen LogP) is 1.88. The first kappa shape index (κ1) is 14.7. The van der Waals surface area contributed by atoms with Gasteiger partial charge in [0.15, 0.2) is 0 Å². The molecule has 0 atom stereocenters. The van der Waals surface area contributed by atoms with Crippen molar-refractivity contribution < 1.29 is 9.53 Å². The molecule has 0 unspecified atom stereocenters. The van der Waals surface area contributed by atoms with Crippen LogP contribution in [-0.4, -0.2) is 24.6 Å². The minimum atomic E-state index is -0.00600. The molecule has 0 saturated carbocycles. The Labute approximate surface area is 116 Å². The fourth-order valence-electron chi connectivity index (χ4n) is 1.31. The van der Waals surface area contributed by atoms with E-state index in [4.69, 9.17) is 34.3 Å². The number of nitrogens with two attached hydrogens (primary N) is 1. The van der Waals surface area contributed by atoms with Gasteiger partial charge >= 0.3 is 0 Å². The Hall–Kier alpha value is -1.33. The van der Waals surface area contributed by atoms with Gasteiger partial charge in [-0.1, -0.05) is 23.8 Å². The van der Waals surface area contributed by atoms with Crippen molar-refractivity contribution in [2.45, 2.75) is 12.8 Å². The maximum absolute atomic E-state index is 11.0. The number of benzene rings is 1. The summed E-state index contributed by atoms with van der Waals surface area (Å²) in [4.78, 5) is 11.3. The van der Waals surface area contributed by atoms with E-state index in [1.165, 1.54) is 0 Å². The number of carbonyl (C=O) groups is 1. The van der Waals surface area contributed by atoms with Crippen molar-refractivity contribution in [2.75, 3.05) is 13.7 Å². The van der Waals surface area contributed by atoms with E-state index in [0.717, 1.165) is 0 Å². The second kappa shape index (κ2) is 7.18. The minimum Gasteiger partial charge on any atom is -0.492 e. The quantitative estimate of drug-likeness (QED) is 0.619. The fraction of sp³-hybridized carbons (Fsp3) is 0.333. The van der Waals surface area contributed by atoms with Gasteiger partial charge in [0, 0.05) is 19.0 Å². The number of hydrogen-bond acceptors (Lipinski definition) is 3. The smallest absolute Gasteiger partial charge is 0.219 e. The standard InChI is InChI=1S/C12H15ClN2O2S/c1-15-11(16)3-2-6-17-10-5-4-8(12(14)18)7-9(10)13/h4-5,7H,2-3,6H2,1H3,(H2,14,18)(H,15,16). The summed E-state index contributed by atoms with van der Waals surface area (Å²) in [6, 6.07) is 5.14. The van der Waals surface area contributed by atoms with Gasteiger partial charge in [-0.05, 0) is 24.6 Å². The molecule has 4 nitrogen and oxygen atoms in total. The highest BCUT2D eigenvalue weighted by Crippen LogP contribution is 2.25. The summed E-state index contributed by atoms with van der Waals surface area (Å²) in [5.41, 5.74) is 6.19. The molecule has 0 heterocycles.